The molecular weight excluding hydrogens is 485 g/mol. The highest BCUT2D eigenvalue weighted by molar-refractivity contribution is 6.30. The van der Waals surface area contributed by atoms with Gasteiger partial charge in [-0.05, 0) is 59.7 Å². The summed E-state index contributed by atoms with van der Waals surface area (Å²) in [5.41, 5.74) is 8.78. The zero-order valence-electron chi connectivity index (χ0n) is 19.8. The van der Waals surface area contributed by atoms with Crippen LogP contribution in [0.4, 0.5) is 10.2 Å². The third kappa shape index (κ3) is 5.59. The van der Waals surface area contributed by atoms with Gasteiger partial charge < -0.3 is 26.8 Å². The summed E-state index contributed by atoms with van der Waals surface area (Å²) in [4.78, 5) is 29.1. The van der Waals surface area contributed by atoms with Gasteiger partial charge in [0.1, 0.15) is 11.6 Å². The maximum Gasteiger partial charge on any atom is 0.236 e. The number of likely N-dealkylation sites (N-methyl/N-ethyl adjacent to an activating group) is 1. The Hall–Kier alpha value is -3.27. The summed E-state index contributed by atoms with van der Waals surface area (Å²) in [5, 5.41) is 18.8. The fourth-order valence-corrected chi connectivity index (χ4v) is 4.82. The molecule has 190 valence electrons. The number of nitrogens with one attached hydrogen (secondary N) is 3. The molecule has 1 aromatic carbocycles. The zero-order chi connectivity index (χ0) is 25.8. The molecule has 1 aliphatic heterocycles. The molecule has 4 rings (SSSR count). The highest BCUT2D eigenvalue weighted by Crippen LogP contribution is 2.35. The molecule has 1 aliphatic carbocycles. The normalized spacial score (nSPS) is 22.4. The molecular formula is C26H29ClFN5O3. The van der Waals surface area contributed by atoms with E-state index in [2.05, 4.69) is 20.9 Å². The van der Waals surface area contributed by atoms with Gasteiger partial charge in [-0.25, -0.2) is 9.37 Å². The molecule has 4 atom stereocenters. The van der Waals surface area contributed by atoms with Gasteiger partial charge in [-0.1, -0.05) is 29.8 Å². The van der Waals surface area contributed by atoms with Crippen molar-refractivity contribution in [1.82, 2.24) is 20.9 Å². The van der Waals surface area contributed by atoms with Crippen LogP contribution in [0.15, 0.2) is 54.5 Å². The molecule has 2 amide bonds. The molecule has 10 heteroatoms. The molecule has 8 nitrogen and oxygen atoms in total. The Kier molecular flexibility index (Phi) is 8.03. The Labute approximate surface area is 213 Å². The van der Waals surface area contributed by atoms with Crippen molar-refractivity contribution in [2.45, 2.75) is 30.8 Å². The Morgan fingerprint density at radius 3 is 2.83 bits per heavy atom. The predicted octanol–water partition coefficient (Wildman–Crippen LogP) is 2.62. The number of halogens is 2. The predicted molar refractivity (Wildman–Crippen MR) is 137 cm³/mol. The number of hydrogen-bond donors (Lipinski definition) is 5. The number of aliphatic hydroxyl groups excluding tert-OH is 1. The van der Waals surface area contributed by atoms with Crippen molar-refractivity contribution in [3.8, 4) is 0 Å². The lowest BCUT2D eigenvalue weighted by atomic mass is 9.89. The van der Waals surface area contributed by atoms with E-state index in [-0.39, 0.29) is 36.7 Å². The van der Waals surface area contributed by atoms with Gasteiger partial charge in [-0.2, -0.15) is 0 Å². The number of nitrogens with two attached hydrogens (primary N) is 1. The van der Waals surface area contributed by atoms with E-state index in [1.165, 1.54) is 6.08 Å². The third-order valence-corrected chi connectivity index (χ3v) is 6.92. The second kappa shape index (κ2) is 11.2. The van der Waals surface area contributed by atoms with Gasteiger partial charge in [-0.3, -0.25) is 9.59 Å². The molecule has 6 N–H and O–H groups in total. The molecule has 0 spiro atoms. The van der Waals surface area contributed by atoms with Crippen molar-refractivity contribution < 1.29 is 19.1 Å². The number of aliphatic hydroxyl groups is 1. The number of carbonyl (C=O) groups is 2. The maximum absolute atomic E-state index is 15.1. The van der Waals surface area contributed by atoms with Crippen molar-refractivity contribution in [1.29, 1.82) is 0 Å². The van der Waals surface area contributed by atoms with Crippen LogP contribution in [-0.2, 0) is 9.59 Å². The van der Waals surface area contributed by atoms with E-state index >= 15 is 4.39 Å². The molecule has 2 aromatic rings. The van der Waals surface area contributed by atoms with Crippen LogP contribution >= 0.6 is 11.6 Å². The van der Waals surface area contributed by atoms with Crippen LogP contribution in [0.3, 0.4) is 0 Å². The summed E-state index contributed by atoms with van der Waals surface area (Å²) in [6.07, 6.45) is 5.50. The van der Waals surface area contributed by atoms with Gasteiger partial charge in [0.15, 0.2) is 0 Å². The molecule has 0 saturated carbocycles. The number of carbonyl (C=O) groups excluding carboxylic acids is 2. The highest BCUT2D eigenvalue weighted by atomic mass is 35.5. The lowest BCUT2D eigenvalue weighted by molar-refractivity contribution is -0.125. The van der Waals surface area contributed by atoms with Gasteiger partial charge in [-0.15, -0.1) is 0 Å². The van der Waals surface area contributed by atoms with Crippen LogP contribution < -0.4 is 21.7 Å². The SMILES string of the molecule is CNC(=O)[C@@H]1C[C@H](c2cnc(N)c(C3=CCC(C(=O)N[C@H](CO)c4cccc(Cl)c4)C(F)=C3)c2)CN1. The summed E-state index contributed by atoms with van der Waals surface area (Å²) in [6, 6.07) is 7.68. The summed E-state index contributed by atoms with van der Waals surface area (Å²) in [6.45, 7) is 0.268. The van der Waals surface area contributed by atoms with Gasteiger partial charge in [0.2, 0.25) is 11.8 Å². The first-order valence-corrected chi connectivity index (χ1v) is 12.1. The summed E-state index contributed by atoms with van der Waals surface area (Å²) in [7, 11) is 1.60. The van der Waals surface area contributed by atoms with E-state index < -0.39 is 23.7 Å². The number of amides is 2. The molecule has 1 fully saturated rings. The van der Waals surface area contributed by atoms with E-state index in [0.717, 1.165) is 5.56 Å². The Morgan fingerprint density at radius 1 is 1.33 bits per heavy atom. The fourth-order valence-electron chi connectivity index (χ4n) is 4.63. The molecule has 0 radical (unpaired) electrons. The topological polar surface area (TPSA) is 129 Å². The molecule has 2 aliphatic rings. The molecule has 0 bridgehead atoms. The van der Waals surface area contributed by atoms with Gasteiger partial charge >= 0.3 is 0 Å². The first-order valence-electron chi connectivity index (χ1n) is 11.8. The van der Waals surface area contributed by atoms with Crippen LogP contribution in [0.25, 0.3) is 5.57 Å². The zero-order valence-corrected chi connectivity index (χ0v) is 20.6. The Bertz CT molecular complexity index is 1220. The largest absolute Gasteiger partial charge is 0.394 e. The van der Waals surface area contributed by atoms with Gasteiger partial charge in [0, 0.05) is 30.4 Å². The third-order valence-electron chi connectivity index (χ3n) is 6.68. The van der Waals surface area contributed by atoms with E-state index in [4.69, 9.17) is 17.3 Å². The minimum absolute atomic E-state index is 0.0655. The summed E-state index contributed by atoms with van der Waals surface area (Å²) in [5.74, 6) is -1.89. The van der Waals surface area contributed by atoms with Crippen LogP contribution in [0.5, 0.6) is 0 Å². The number of nitrogen functional groups attached to an aromatic ring is 1. The van der Waals surface area contributed by atoms with Gasteiger partial charge in [0.05, 0.1) is 24.6 Å². The first-order chi connectivity index (χ1) is 17.3. The number of allylic oxidation sites excluding steroid dienone is 3. The molecule has 36 heavy (non-hydrogen) atoms. The lowest BCUT2D eigenvalue weighted by Gasteiger charge is -2.23. The van der Waals surface area contributed by atoms with Crippen molar-refractivity contribution in [2.24, 2.45) is 5.92 Å². The second-order valence-electron chi connectivity index (χ2n) is 8.98. The van der Waals surface area contributed by atoms with Crippen molar-refractivity contribution in [3.05, 3.63) is 76.2 Å². The monoisotopic (exact) mass is 513 g/mol. The molecule has 1 unspecified atom stereocenters. The van der Waals surface area contributed by atoms with E-state index in [9.17, 15) is 14.7 Å². The van der Waals surface area contributed by atoms with Gasteiger partial charge in [0.25, 0.3) is 0 Å². The Morgan fingerprint density at radius 2 is 2.14 bits per heavy atom. The number of benzene rings is 1. The van der Waals surface area contributed by atoms with Crippen LogP contribution in [0, 0.1) is 5.92 Å². The molecule has 1 saturated heterocycles. The smallest absolute Gasteiger partial charge is 0.236 e. The molecule has 1 aromatic heterocycles. The number of pyridine rings is 1. The van der Waals surface area contributed by atoms with E-state index in [1.807, 2.05) is 6.07 Å². The number of nitrogens with zero attached hydrogens (tertiary/aromatic N) is 1. The van der Waals surface area contributed by atoms with Crippen LogP contribution in [0.2, 0.25) is 5.02 Å². The average Bonchev–Trinajstić information content (AvgIpc) is 3.37. The van der Waals surface area contributed by atoms with E-state index in [1.54, 1.807) is 43.6 Å². The first kappa shape index (κ1) is 25.8. The number of rotatable bonds is 7. The lowest BCUT2D eigenvalue weighted by Crippen LogP contribution is -2.38. The van der Waals surface area contributed by atoms with Crippen molar-refractivity contribution in [3.63, 3.8) is 0 Å². The highest BCUT2D eigenvalue weighted by Gasteiger charge is 2.31. The van der Waals surface area contributed by atoms with Crippen LogP contribution in [-0.4, -0.2) is 48.1 Å². The standard InChI is InChI=1S/C26H29ClFN5O3/c1-30-26(36)22-10-17(11-31-22)16-8-20(24(29)32-12-16)14-5-6-19(21(28)9-14)25(35)33-23(13-34)15-3-2-4-18(27)7-15/h2-5,7-9,12,17,19,22-23,31,34H,6,10-11,13H2,1H3,(H2,29,32)(H,30,36)(H,33,35)/t17-,19?,22-,23+/m0/s1. The maximum atomic E-state index is 15.1. The van der Waals surface area contributed by atoms with E-state index in [0.29, 0.717) is 34.7 Å². The average molecular weight is 514 g/mol. The fraction of sp³-hybridized carbons (Fsp3) is 0.346. The number of anilines is 1. The van der Waals surface area contributed by atoms with Crippen LogP contribution in [0.1, 0.15) is 41.5 Å². The minimum atomic E-state index is -1.02. The number of hydrogen-bond acceptors (Lipinski definition) is 6. The summed E-state index contributed by atoms with van der Waals surface area (Å²) < 4.78 is 15.1. The van der Waals surface area contributed by atoms with Crippen molar-refractivity contribution >= 4 is 34.8 Å². The Balaban J connectivity index is 1.47. The molecule has 2 heterocycles. The summed E-state index contributed by atoms with van der Waals surface area (Å²) >= 11 is 6.01. The second-order valence-corrected chi connectivity index (χ2v) is 9.42. The quantitative estimate of drug-likeness (QED) is 0.387. The van der Waals surface area contributed by atoms with Crippen molar-refractivity contribution in [2.75, 3.05) is 25.9 Å². The number of aromatic nitrogens is 1. The minimum Gasteiger partial charge on any atom is -0.394 e.